The number of cyclic esters (lactones) is 1. The van der Waals surface area contributed by atoms with E-state index in [2.05, 4.69) is 6.58 Å². The molecule has 0 radical (unpaired) electrons. The predicted octanol–water partition coefficient (Wildman–Crippen LogP) is 4.10. The average molecular weight is 392 g/mol. The molecule has 1 saturated heterocycles. The summed E-state index contributed by atoms with van der Waals surface area (Å²) in [6, 6.07) is 15.0. The minimum absolute atomic E-state index is 0.0862. The summed E-state index contributed by atoms with van der Waals surface area (Å²) in [7, 11) is 1.36. The third kappa shape index (κ3) is 3.77. The molecule has 5 nitrogen and oxygen atoms in total. The molecule has 2 aliphatic rings. The molecule has 2 fully saturated rings. The number of hydrogen-bond acceptors (Lipinski definition) is 5. The van der Waals surface area contributed by atoms with Crippen LogP contribution in [0.25, 0.3) is 0 Å². The molecule has 1 aliphatic heterocycles. The molecule has 2 aromatic rings. The van der Waals surface area contributed by atoms with E-state index in [1.54, 1.807) is 12.1 Å². The topological polar surface area (TPSA) is 61.8 Å². The summed E-state index contributed by atoms with van der Waals surface area (Å²) >= 11 is 0. The van der Waals surface area contributed by atoms with Gasteiger partial charge in [0.25, 0.3) is 0 Å². The Labute approximate surface area is 170 Å². The van der Waals surface area contributed by atoms with Crippen LogP contribution in [0.1, 0.15) is 34.3 Å². The van der Waals surface area contributed by atoms with Crippen LogP contribution in [0.2, 0.25) is 0 Å². The number of hydrogen-bond donors (Lipinski definition) is 0. The number of carbonyl (C=O) groups is 2. The highest BCUT2D eigenvalue weighted by Crippen LogP contribution is 2.52. The Balaban J connectivity index is 1.38. The third-order valence-corrected chi connectivity index (χ3v) is 5.93. The van der Waals surface area contributed by atoms with Gasteiger partial charge in [-0.15, -0.1) is 0 Å². The van der Waals surface area contributed by atoms with E-state index in [1.165, 1.54) is 7.11 Å². The fraction of sp³-hybridized carbons (Fsp3) is 0.333. The number of esters is 2. The number of methoxy groups -OCH3 is 1. The lowest BCUT2D eigenvalue weighted by Crippen LogP contribution is -2.31. The van der Waals surface area contributed by atoms with Gasteiger partial charge >= 0.3 is 11.9 Å². The van der Waals surface area contributed by atoms with Crippen LogP contribution in [0.3, 0.4) is 0 Å². The summed E-state index contributed by atoms with van der Waals surface area (Å²) in [5.74, 6) is 0.555. The van der Waals surface area contributed by atoms with Gasteiger partial charge in [0.2, 0.25) is 0 Å². The second-order valence-corrected chi connectivity index (χ2v) is 7.88. The summed E-state index contributed by atoms with van der Waals surface area (Å²) < 4.78 is 15.9. The minimum atomic E-state index is -0.444. The second kappa shape index (κ2) is 7.74. The van der Waals surface area contributed by atoms with Crippen molar-refractivity contribution < 1.29 is 23.8 Å². The molecule has 0 bridgehead atoms. The molecule has 150 valence electrons. The first-order chi connectivity index (χ1) is 14.0. The summed E-state index contributed by atoms with van der Waals surface area (Å²) in [6.07, 6.45) is 2.27. The van der Waals surface area contributed by atoms with Gasteiger partial charge in [0, 0.05) is 5.92 Å². The zero-order chi connectivity index (χ0) is 20.4. The first-order valence-electron chi connectivity index (χ1n) is 9.73. The standard InChI is InChI=1S/C24H24O5/c1-16-11-20-15-29-23(26)24(20,12-16)13-17-5-9-21(10-6-17)28-14-18-3-7-19(8-4-18)22(25)27-2/h3-10,20H,1,11-15H2,2H3. The fourth-order valence-corrected chi connectivity index (χ4v) is 4.35. The minimum Gasteiger partial charge on any atom is -0.489 e. The average Bonchev–Trinajstić information content (AvgIpc) is 3.21. The molecular formula is C24H24O5. The molecule has 2 aromatic carbocycles. The molecule has 1 heterocycles. The molecule has 0 amide bonds. The van der Waals surface area contributed by atoms with Crippen molar-refractivity contribution in [2.45, 2.75) is 25.9 Å². The maximum Gasteiger partial charge on any atom is 0.337 e. The third-order valence-electron chi connectivity index (χ3n) is 5.93. The summed E-state index contributed by atoms with van der Waals surface area (Å²) in [6.45, 7) is 5.00. The van der Waals surface area contributed by atoms with Crippen LogP contribution in [0.5, 0.6) is 5.75 Å². The molecule has 2 atom stereocenters. The lowest BCUT2D eigenvalue weighted by Gasteiger charge is -2.24. The van der Waals surface area contributed by atoms with Gasteiger partial charge < -0.3 is 14.2 Å². The van der Waals surface area contributed by atoms with Crippen LogP contribution in [0.4, 0.5) is 0 Å². The van der Waals surface area contributed by atoms with Gasteiger partial charge in [-0.05, 0) is 54.7 Å². The Morgan fingerprint density at radius 2 is 1.83 bits per heavy atom. The largest absolute Gasteiger partial charge is 0.489 e. The molecule has 0 N–H and O–H groups in total. The van der Waals surface area contributed by atoms with Crippen molar-refractivity contribution in [1.29, 1.82) is 0 Å². The van der Waals surface area contributed by atoms with Crippen LogP contribution in [-0.4, -0.2) is 25.7 Å². The number of ether oxygens (including phenoxy) is 3. The van der Waals surface area contributed by atoms with Gasteiger partial charge in [-0.1, -0.05) is 36.4 Å². The van der Waals surface area contributed by atoms with E-state index in [-0.39, 0.29) is 17.9 Å². The Morgan fingerprint density at radius 3 is 2.52 bits per heavy atom. The Hall–Kier alpha value is -3.08. The summed E-state index contributed by atoms with van der Waals surface area (Å²) in [4.78, 5) is 23.9. The summed E-state index contributed by atoms with van der Waals surface area (Å²) in [5, 5.41) is 0. The zero-order valence-corrected chi connectivity index (χ0v) is 16.5. The van der Waals surface area contributed by atoms with Gasteiger partial charge in [-0.3, -0.25) is 4.79 Å². The lowest BCUT2D eigenvalue weighted by molar-refractivity contribution is -0.146. The highest BCUT2D eigenvalue weighted by atomic mass is 16.5. The quantitative estimate of drug-likeness (QED) is 0.547. The molecule has 1 aliphatic carbocycles. The lowest BCUT2D eigenvalue weighted by atomic mass is 9.75. The van der Waals surface area contributed by atoms with Gasteiger partial charge in [-0.25, -0.2) is 4.79 Å². The van der Waals surface area contributed by atoms with Crippen molar-refractivity contribution in [3.05, 3.63) is 77.4 Å². The monoisotopic (exact) mass is 392 g/mol. The number of allylic oxidation sites excluding steroid dienone is 1. The number of rotatable bonds is 6. The number of fused-ring (bicyclic) bond motifs is 1. The molecule has 4 rings (SSSR count). The van der Waals surface area contributed by atoms with Gasteiger partial charge in [-0.2, -0.15) is 0 Å². The van der Waals surface area contributed by atoms with E-state index >= 15 is 0 Å². The zero-order valence-electron chi connectivity index (χ0n) is 16.5. The highest BCUT2D eigenvalue weighted by Gasteiger charge is 2.55. The van der Waals surface area contributed by atoms with Gasteiger partial charge in [0.05, 0.1) is 24.7 Å². The molecule has 0 spiro atoms. The fourth-order valence-electron chi connectivity index (χ4n) is 4.35. The maximum atomic E-state index is 12.4. The number of carbonyl (C=O) groups excluding carboxylic acids is 2. The van der Waals surface area contributed by atoms with Crippen LogP contribution < -0.4 is 4.74 Å². The van der Waals surface area contributed by atoms with E-state index in [0.717, 1.165) is 35.3 Å². The maximum absolute atomic E-state index is 12.4. The van der Waals surface area contributed by atoms with Crippen molar-refractivity contribution in [1.82, 2.24) is 0 Å². The van der Waals surface area contributed by atoms with Crippen LogP contribution in [0.15, 0.2) is 60.7 Å². The number of benzene rings is 2. The Bertz CT molecular complexity index is 929. The van der Waals surface area contributed by atoms with E-state index in [4.69, 9.17) is 14.2 Å². The second-order valence-electron chi connectivity index (χ2n) is 7.88. The molecular weight excluding hydrogens is 368 g/mol. The van der Waals surface area contributed by atoms with Crippen LogP contribution in [0, 0.1) is 11.3 Å². The van der Waals surface area contributed by atoms with E-state index in [9.17, 15) is 9.59 Å². The van der Waals surface area contributed by atoms with E-state index < -0.39 is 5.41 Å². The van der Waals surface area contributed by atoms with E-state index in [0.29, 0.717) is 25.2 Å². The molecule has 0 aromatic heterocycles. The van der Waals surface area contributed by atoms with E-state index in [1.807, 2.05) is 36.4 Å². The first-order valence-corrected chi connectivity index (χ1v) is 9.73. The van der Waals surface area contributed by atoms with Gasteiger partial charge in [0.15, 0.2) is 0 Å². The van der Waals surface area contributed by atoms with Gasteiger partial charge in [0.1, 0.15) is 12.4 Å². The SMILES string of the molecule is C=C1CC2COC(=O)C2(Cc2ccc(OCc3ccc(C(=O)OC)cc3)cc2)C1. The normalized spacial score (nSPS) is 22.9. The molecule has 2 unspecified atom stereocenters. The van der Waals surface area contributed by atoms with Crippen LogP contribution in [-0.2, 0) is 27.3 Å². The van der Waals surface area contributed by atoms with Crippen molar-refractivity contribution in [2.75, 3.05) is 13.7 Å². The Kier molecular flexibility index (Phi) is 5.14. The molecule has 1 saturated carbocycles. The van der Waals surface area contributed by atoms with Crippen molar-refractivity contribution in [3.8, 4) is 5.75 Å². The summed E-state index contributed by atoms with van der Waals surface area (Å²) in [5.41, 5.74) is 3.27. The highest BCUT2D eigenvalue weighted by molar-refractivity contribution is 5.89. The van der Waals surface area contributed by atoms with Crippen LogP contribution >= 0.6 is 0 Å². The Morgan fingerprint density at radius 1 is 1.14 bits per heavy atom. The smallest absolute Gasteiger partial charge is 0.337 e. The molecule has 5 heteroatoms. The van der Waals surface area contributed by atoms with Crippen molar-refractivity contribution in [2.24, 2.45) is 11.3 Å². The molecule has 29 heavy (non-hydrogen) atoms. The predicted molar refractivity (Wildman–Crippen MR) is 108 cm³/mol. The first kappa shape index (κ1) is 19.2. The van der Waals surface area contributed by atoms with Crippen molar-refractivity contribution >= 4 is 11.9 Å². The van der Waals surface area contributed by atoms with Crippen molar-refractivity contribution in [3.63, 3.8) is 0 Å².